The van der Waals surface area contributed by atoms with Crippen LogP contribution in [0, 0.1) is 5.92 Å². The maximum Gasteiger partial charge on any atom is 0.338 e. The van der Waals surface area contributed by atoms with Crippen molar-refractivity contribution in [3.63, 3.8) is 0 Å². The summed E-state index contributed by atoms with van der Waals surface area (Å²) in [5.74, 6) is -3.09. The van der Waals surface area contributed by atoms with Gasteiger partial charge < -0.3 is 9.74 Å². The lowest BCUT2D eigenvalue weighted by Gasteiger charge is -2.18. The highest BCUT2D eigenvalue weighted by atomic mass is 32.2. The van der Waals surface area contributed by atoms with E-state index >= 15 is 0 Å². The second-order valence-corrected chi connectivity index (χ2v) is 7.34. The fourth-order valence-electron chi connectivity index (χ4n) is 3.29. The van der Waals surface area contributed by atoms with Crippen molar-refractivity contribution in [2.75, 3.05) is 17.7 Å². The number of hydroxylamine groups is 2. The summed E-state index contributed by atoms with van der Waals surface area (Å²) in [6, 6.07) is 13.7. The maximum absolute atomic E-state index is 12.5. The number of imide groups is 1. The molecular weight excluding hydrogens is 380 g/mol. The lowest BCUT2D eigenvalue weighted by molar-refractivity contribution is -0.173. The smallest absolute Gasteiger partial charge is 0.329 e. The number of fused-ring (bicyclic) bond motifs is 1. The fraction of sp³-hybridized carbons (Fsp3) is 0.200. The summed E-state index contributed by atoms with van der Waals surface area (Å²) in [4.78, 5) is 57.2. The van der Waals surface area contributed by atoms with Gasteiger partial charge in [0.1, 0.15) is 0 Å². The molecule has 142 valence electrons. The Morgan fingerprint density at radius 2 is 1.61 bits per heavy atom. The standard InChI is InChI=1S/C20H16N2O5S/c1-28-14-8-6-13(7-9-14)21-11-12(10-17(21)23)20(26)27-22-18(24)15-4-2-3-5-16(15)19(22)25/h2-9,12H,10-11H2,1H3. The van der Waals surface area contributed by atoms with Crippen molar-refractivity contribution in [2.24, 2.45) is 5.92 Å². The van der Waals surface area contributed by atoms with Crippen LogP contribution in [0.5, 0.6) is 0 Å². The Morgan fingerprint density at radius 1 is 1.00 bits per heavy atom. The summed E-state index contributed by atoms with van der Waals surface area (Å²) >= 11 is 1.59. The number of hydrogen-bond donors (Lipinski definition) is 0. The summed E-state index contributed by atoms with van der Waals surface area (Å²) in [7, 11) is 0. The summed E-state index contributed by atoms with van der Waals surface area (Å²) in [5, 5.41) is 0.480. The number of carbonyl (C=O) groups excluding carboxylic acids is 4. The second-order valence-electron chi connectivity index (χ2n) is 6.46. The zero-order valence-electron chi connectivity index (χ0n) is 15.0. The largest absolute Gasteiger partial charge is 0.338 e. The van der Waals surface area contributed by atoms with E-state index in [9.17, 15) is 19.2 Å². The van der Waals surface area contributed by atoms with Crippen LogP contribution in [-0.4, -0.2) is 41.6 Å². The molecule has 28 heavy (non-hydrogen) atoms. The summed E-state index contributed by atoms with van der Waals surface area (Å²) in [5.41, 5.74) is 1.08. The average Bonchev–Trinajstić information content (AvgIpc) is 3.22. The van der Waals surface area contributed by atoms with Gasteiger partial charge in [-0.05, 0) is 42.7 Å². The first kappa shape index (κ1) is 18.2. The molecule has 8 heteroatoms. The molecule has 2 aromatic rings. The highest BCUT2D eigenvalue weighted by molar-refractivity contribution is 7.98. The molecule has 0 bridgehead atoms. The highest BCUT2D eigenvalue weighted by Gasteiger charge is 2.42. The van der Waals surface area contributed by atoms with Crippen molar-refractivity contribution in [3.8, 4) is 0 Å². The van der Waals surface area contributed by atoms with Crippen molar-refractivity contribution < 1.29 is 24.0 Å². The van der Waals surface area contributed by atoms with E-state index in [1.54, 1.807) is 23.9 Å². The number of carbonyl (C=O) groups is 4. The number of nitrogens with zero attached hydrogens (tertiary/aromatic N) is 2. The predicted octanol–water partition coefficient (Wildman–Crippen LogP) is 2.52. The lowest BCUT2D eigenvalue weighted by atomic mass is 10.1. The molecule has 0 N–H and O–H groups in total. The molecule has 1 atom stereocenters. The molecular formula is C20H16N2O5S. The van der Waals surface area contributed by atoms with Gasteiger partial charge in [0.05, 0.1) is 17.0 Å². The van der Waals surface area contributed by atoms with E-state index in [0.717, 1.165) is 4.90 Å². The average molecular weight is 396 g/mol. The van der Waals surface area contributed by atoms with Crippen LogP contribution in [0.1, 0.15) is 27.1 Å². The van der Waals surface area contributed by atoms with Crippen molar-refractivity contribution in [1.82, 2.24) is 5.06 Å². The van der Waals surface area contributed by atoms with Gasteiger partial charge in [0.2, 0.25) is 5.91 Å². The fourth-order valence-corrected chi connectivity index (χ4v) is 3.70. The summed E-state index contributed by atoms with van der Waals surface area (Å²) in [6.45, 7) is 0.138. The van der Waals surface area contributed by atoms with Crippen LogP contribution in [0.25, 0.3) is 0 Å². The van der Waals surface area contributed by atoms with E-state index < -0.39 is 23.7 Å². The molecule has 4 rings (SSSR count). The Bertz CT molecular complexity index is 953. The van der Waals surface area contributed by atoms with Crippen LogP contribution < -0.4 is 4.90 Å². The molecule has 0 radical (unpaired) electrons. The Balaban J connectivity index is 1.45. The topological polar surface area (TPSA) is 84.0 Å². The molecule has 0 saturated carbocycles. The van der Waals surface area contributed by atoms with E-state index in [-0.39, 0.29) is 30.0 Å². The lowest BCUT2D eigenvalue weighted by Crippen LogP contribution is -2.36. The van der Waals surface area contributed by atoms with E-state index in [4.69, 9.17) is 4.84 Å². The number of thioether (sulfide) groups is 1. The molecule has 2 heterocycles. The van der Waals surface area contributed by atoms with Crippen LogP contribution in [0.3, 0.4) is 0 Å². The van der Waals surface area contributed by atoms with E-state index in [2.05, 4.69) is 0 Å². The minimum absolute atomic E-state index is 0.0354. The second kappa shape index (κ2) is 7.12. The van der Waals surface area contributed by atoms with Gasteiger partial charge in [0.15, 0.2) is 0 Å². The minimum atomic E-state index is -0.772. The predicted molar refractivity (Wildman–Crippen MR) is 102 cm³/mol. The Hall–Kier alpha value is -3.13. The SMILES string of the molecule is CSc1ccc(N2CC(C(=O)ON3C(=O)c4ccccc4C3=O)CC2=O)cc1. The van der Waals surface area contributed by atoms with Gasteiger partial charge in [-0.3, -0.25) is 14.4 Å². The van der Waals surface area contributed by atoms with Gasteiger partial charge >= 0.3 is 5.97 Å². The molecule has 3 amide bonds. The summed E-state index contributed by atoms with van der Waals surface area (Å²) < 4.78 is 0. The van der Waals surface area contributed by atoms with Crippen LogP contribution in [-0.2, 0) is 14.4 Å². The van der Waals surface area contributed by atoms with E-state index in [1.807, 2.05) is 30.5 Å². The van der Waals surface area contributed by atoms with Crippen molar-refractivity contribution in [3.05, 3.63) is 59.7 Å². The number of rotatable bonds is 4. The molecule has 2 aliphatic rings. The highest BCUT2D eigenvalue weighted by Crippen LogP contribution is 2.29. The first-order chi connectivity index (χ1) is 13.5. The summed E-state index contributed by atoms with van der Waals surface area (Å²) in [6.07, 6.45) is 1.92. The zero-order valence-corrected chi connectivity index (χ0v) is 15.8. The molecule has 0 aromatic heterocycles. The first-order valence-electron chi connectivity index (χ1n) is 8.63. The van der Waals surface area contributed by atoms with E-state index in [1.165, 1.54) is 17.0 Å². The molecule has 1 saturated heterocycles. The molecule has 1 unspecified atom stereocenters. The first-order valence-corrected chi connectivity index (χ1v) is 9.86. The molecule has 1 fully saturated rings. The Labute approximate surface area is 165 Å². The zero-order chi connectivity index (χ0) is 19.8. The molecule has 0 aliphatic carbocycles. The van der Waals surface area contributed by atoms with Gasteiger partial charge in [0.25, 0.3) is 11.8 Å². The van der Waals surface area contributed by atoms with Crippen molar-refractivity contribution >= 4 is 41.1 Å². The molecule has 2 aliphatic heterocycles. The quantitative estimate of drug-likeness (QED) is 0.583. The van der Waals surface area contributed by atoms with Crippen molar-refractivity contribution in [1.29, 1.82) is 0 Å². The van der Waals surface area contributed by atoms with Gasteiger partial charge in [-0.25, -0.2) is 4.79 Å². The third kappa shape index (κ3) is 3.05. The molecule has 2 aromatic carbocycles. The molecule has 7 nitrogen and oxygen atoms in total. The van der Waals surface area contributed by atoms with Crippen LogP contribution >= 0.6 is 11.8 Å². The monoisotopic (exact) mass is 396 g/mol. The normalized spacial score (nSPS) is 18.6. The van der Waals surface area contributed by atoms with E-state index in [0.29, 0.717) is 10.8 Å². The Morgan fingerprint density at radius 3 is 2.18 bits per heavy atom. The van der Waals surface area contributed by atoms with Crippen LogP contribution in [0.2, 0.25) is 0 Å². The number of anilines is 1. The number of hydrogen-bond acceptors (Lipinski definition) is 6. The van der Waals surface area contributed by atoms with Gasteiger partial charge in [-0.1, -0.05) is 17.2 Å². The van der Waals surface area contributed by atoms with Gasteiger partial charge in [0, 0.05) is 23.5 Å². The van der Waals surface area contributed by atoms with Crippen LogP contribution in [0.4, 0.5) is 5.69 Å². The number of benzene rings is 2. The third-order valence-electron chi connectivity index (χ3n) is 4.78. The van der Waals surface area contributed by atoms with Gasteiger partial charge in [-0.2, -0.15) is 0 Å². The minimum Gasteiger partial charge on any atom is -0.329 e. The maximum atomic E-state index is 12.5. The van der Waals surface area contributed by atoms with Gasteiger partial charge in [-0.15, -0.1) is 11.8 Å². The number of amides is 3. The molecule has 0 spiro atoms. The third-order valence-corrected chi connectivity index (χ3v) is 5.52. The van der Waals surface area contributed by atoms with Crippen molar-refractivity contribution in [2.45, 2.75) is 11.3 Å². The Kier molecular flexibility index (Phi) is 4.64. The van der Waals surface area contributed by atoms with Crippen LogP contribution in [0.15, 0.2) is 53.4 Å².